The minimum absolute atomic E-state index is 0.0255. The van der Waals surface area contributed by atoms with E-state index in [9.17, 15) is 9.18 Å². The molecular weight excluding hydrogens is 459 g/mol. The molecule has 2 aliphatic heterocycles. The standard InChI is InChI=1S/C28H31FN4O3/c1-19-15-22(9-10-24(19)29)36-27-23-18-33(26(34)17-20-7-6-8-21(16-20)35-2)14-11-25(23)30-28(31-27)32-12-4-3-5-13-32/h6-10,15-16H,3-5,11-14,17-18H2,1-2H3. The summed E-state index contributed by atoms with van der Waals surface area (Å²) in [5.74, 6) is 2.09. The Balaban J connectivity index is 1.42. The molecule has 2 aromatic carbocycles. The van der Waals surface area contributed by atoms with Gasteiger partial charge in [0.1, 0.15) is 17.3 Å². The zero-order valence-electron chi connectivity index (χ0n) is 20.8. The van der Waals surface area contributed by atoms with E-state index >= 15 is 0 Å². The van der Waals surface area contributed by atoms with E-state index in [1.54, 1.807) is 26.2 Å². The van der Waals surface area contributed by atoms with Crippen LogP contribution in [0.25, 0.3) is 0 Å². The zero-order chi connectivity index (χ0) is 25.1. The summed E-state index contributed by atoms with van der Waals surface area (Å²) in [6.45, 7) is 4.49. The second-order valence-electron chi connectivity index (χ2n) is 9.41. The van der Waals surface area contributed by atoms with Gasteiger partial charge in [-0.1, -0.05) is 12.1 Å². The van der Waals surface area contributed by atoms with Crippen LogP contribution in [-0.4, -0.2) is 47.5 Å². The summed E-state index contributed by atoms with van der Waals surface area (Å²) in [7, 11) is 1.62. The van der Waals surface area contributed by atoms with Crippen molar-refractivity contribution in [1.82, 2.24) is 14.9 Å². The van der Waals surface area contributed by atoms with Crippen LogP contribution in [0.4, 0.5) is 10.3 Å². The number of halogens is 1. The van der Waals surface area contributed by atoms with Gasteiger partial charge in [0.25, 0.3) is 0 Å². The number of carbonyl (C=O) groups excluding carboxylic acids is 1. The number of aryl methyl sites for hydroxylation is 1. The molecule has 0 atom stereocenters. The molecule has 3 aromatic rings. The number of ether oxygens (including phenoxy) is 2. The number of methoxy groups -OCH3 is 1. The predicted molar refractivity (Wildman–Crippen MR) is 135 cm³/mol. The van der Waals surface area contributed by atoms with E-state index in [1.807, 2.05) is 29.2 Å². The third-order valence-electron chi connectivity index (χ3n) is 6.84. The molecular formula is C28H31FN4O3. The molecule has 0 aliphatic carbocycles. The van der Waals surface area contributed by atoms with Gasteiger partial charge in [0, 0.05) is 26.1 Å². The molecule has 0 bridgehead atoms. The highest BCUT2D eigenvalue weighted by Gasteiger charge is 2.28. The van der Waals surface area contributed by atoms with Crippen molar-refractivity contribution in [3.63, 3.8) is 0 Å². The SMILES string of the molecule is COc1cccc(CC(=O)N2CCc3nc(N4CCCCC4)nc(Oc4ccc(F)c(C)c4)c3C2)c1. The van der Waals surface area contributed by atoms with Crippen LogP contribution in [0.5, 0.6) is 17.4 Å². The van der Waals surface area contributed by atoms with E-state index in [1.165, 1.54) is 12.5 Å². The van der Waals surface area contributed by atoms with Crippen LogP contribution in [0.1, 0.15) is 41.6 Å². The molecule has 0 spiro atoms. The first kappa shape index (κ1) is 24.0. The summed E-state index contributed by atoms with van der Waals surface area (Å²) < 4.78 is 25.4. The molecule has 1 saturated heterocycles. The van der Waals surface area contributed by atoms with Crippen LogP contribution in [0.2, 0.25) is 0 Å². The van der Waals surface area contributed by atoms with Crippen LogP contribution in [0.15, 0.2) is 42.5 Å². The Morgan fingerprint density at radius 3 is 2.64 bits per heavy atom. The maximum absolute atomic E-state index is 13.8. The number of fused-ring (bicyclic) bond motifs is 1. The molecule has 0 N–H and O–H groups in total. The molecule has 5 rings (SSSR count). The van der Waals surface area contributed by atoms with Crippen molar-refractivity contribution in [1.29, 1.82) is 0 Å². The fraction of sp³-hybridized carbons (Fsp3) is 0.393. The molecule has 1 amide bonds. The van der Waals surface area contributed by atoms with Gasteiger partial charge in [0.05, 0.1) is 31.3 Å². The highest BCUT2D eigenvalue weighted by Crippen LogP contribution is 2.33. The third-order valence-corrected chi connectivity index (χ3v) is 6.84. The predicted octanol–water partition coefficient (Wildman–Crippen LogP) is 4.84. The Bertz CT molecular complexity index is 1260. The largest absolute Gasteiger partial charge is 0.497 e. The van der Waals surface area contributed by atoms with E-state index in [2.05, 4.69) is 4.90 Å². The summed E-state index contributed by atoms with van der Waals surface area (Å²) in [5.41, 5.74) is 3.12. The van der Waals surface area contributed by atoms with Crippen LogP contribution in [0, 0.1) is 12.7 Å². The number of amides is 1. The Morgan fingerprint density at radius 1 is 1.03 bits per heavy atom. The Labute approximate surface area is 210 Å². The normalized spacial score (nSPS) is 15.4. The van der Waals surface area contributed by atoms with E-state index in [-0.39, 0.29) is 18.1 Å². The topological polar surface area (TPSA) is 67.8 Å². The van der Waals surface area contributed by atoms with Crippen molar-refractivity contribution >= 4 is 11.9 Å². The van der Waals surface area contributed by atoms with Gasteiger partial charge in [-0.15, -0.1) is 0 Å². The number of benzene rings is 2. The van der Waals surface area contributed by atoms with Gasteiger partial charge in [-0.25, -0.2) is 9.37 Å². The van der Waals surface area contributed by atoms with Crippen molar-refractivity contribution < 1.29 is 18.7 Å². The minimum atomic E-state index is -0.282. The van der Waals surface area contributed by atoms with Crippen LogP contribution in [0.3, 0.4) is 0 Å². The van der Waals surface area contributed by atoms with Crippen LogP contribution < -0.4 is 14.4 Å². The first-order chi connectivity index (χ1) is 17.5. The molecule has 0 saturated carbocycles. The van der Waals surface area contributed by atoms with Crippen molar-refractivity contribution in [3.05, 3.63) is 70.7 Å². The van der Waals surface area contributed by atoms with E-state index in [0.717, 1.165) is 48.5 Å². The van der Waals surface area contributed by atoms with Crippen molar-refractivity contribution in [2.45, 2.75) is 45.6 Å². The smallest absolute Gasteiger partial charge is 0.229 e. The monoisotopic (exact) mass is 490 g/mol. The van der Waals surface area contributed by atoms with Crippen LogP contribution >= 0.6 is 0 Å². The Morgan fingerprint density at radius 2 is 1.86 bits per heavy atom. The summed E-state index contributed by atoms with van der Waals surface area (Å²) in [5, 5.41) is 0. The summed E-state index contributed by atoms with van der Waals surface area (Å²) >= 11 is 0. The number of rotatable bonds is 6. The van der Waals surface area contributed by atoms with Gasteiger partial charge in [0.2, 0.25) is 17.7 Å². The Kier molecular flexibility index (Phi) is 7.02. The molecule has 0 radical (unpaired) electrons. The van der Waals surface area contributed by atoms with Crippen molar-refractivity contribution in [2.24, 2.45) is 0 Å². The molecule has 0 unspecified atom stereocenters. The number of anilines is 1. The lowest BCUT2D eigenvalue weighted by molar-refractivity contribution is -0.131. The van der Waals surface area contributed by atoms with Crippen molar-refractivity contribution in [3.8, 4) is 17.4 Å². The van der Waals surface area contributed by atoms with E-state index in [4.69, 9.17) is 19.4 Å². The summed E-state index contributed by atoms with van der Waals surface area (Å²) in [6, 6.07) is 12.2. The molecule has 188 valence electrons. The fourth-order valence-corrected chi connectivity index (χ4v) is 4.77. The average Bonchev–Trinajstić information content (AvgIpc) is 2.91. The summed E-state index contributed by atoms with van der Waals surface area (Å²) in [6.07, 6.45) is 4.35. The summed E-state index contributed by atoms with van der Waals surface area (Å²) in [4.78, 5) is 26.9. The second-order valence-corrected chi connectivity index (χ2v) is 9.41. The van der Waals surface area contributed by atoms with Gasteiger partial charge in [-0.2, -0.15) is 4.98 Å². The number of aromatic nitrogens is 2. The van der Waals surface area contributed by atoms with Gasteiger partial charge in [-0.3, -0.25) is 4.79 Å². The van der Waals surface area contributed by atoms with Gasteiger partial charge >= 0.3 is 0 Å². The molecule has 3 heterocycles. The first-order valence-corrected chi connectivity index (χ1v) is 12.5. The lowest BCUT2D eigenvalue weighted by atomic mass is 10.0. The lowest BCUT2D eigenvalue weighted by Crippen LogP contribution is -2.38. The molecule has 36 heavy (non-hydrogen) atoms. The number of hydrogen-bond donors (Lipinski definition) is 0. The third kappa shape index (κ3) is 5.27. The Hall–Kier alpha value is -3.68. The molecule has 1 fully saturated rings. The lowest BCUT2D eigenvalue weighted by Gasteiger charge is -2.32. The van der Waals surface area contributed by atoms with Gasteiger partial charge in [-0.05, 0) is 67.6 Å². The zero-order valence-corrected chi connectivity index (χ0v) is 20.8. The second kappa shape index (κ2) is 10.5. The number of hydrogen-bond acceptors (Lipinski definition) is 6. The molecule has 7 nitrogen and oxygen atoms in total. The van der Waals surface area contributed by atoms with Gasteiger partial charge in [0.15, 0.2) is 0 Å². The van der Waals surface area contributed by atoms with Crippen molar-refractivity contribution in [2.75, 3.05) is 31.6 Å². The molecule has 1 aromatic heterocycles. The van der Waals surface area contributed by atoms with Gasteiger partial charge < -0.3 is 19.3 Å². The van der Waals surface area contributed by atoms with Crippen LogP contribution in [-0.2, 0) is 24.2 Å². The maximum atomic E-state index is 13.8. The molecule has 2 aliphatic rings. The molecule has 8 heteroatoms. The highest BCUT2D eigenvalue weighted by atomic mass is 19.1. The average molecular weight is 491 g/mol. The number of piperidine rings is 1. The van der Waals surface area contributed by atoms with E-state index < -0.39 is 0 Å². The number of carbonyl (C=O) groups is 1. The number of nitrogens with zero attached hydrogens (tertiary/aromatic N) is 4. The van der Waals surface area contributed by atoms with E-state index in [0.29, 0.717) is 42.7 Å². The fourth-order valence-electron chi connectivity index (χ4n) is 4.77. The first-order valence-electron chi connectivity index (χ1n) is 12.5. The quantitative estimate of drug-likeness (QED) is 0.493. The highest BCUT2D eigenvalue weighted by molar-refractivity contribution is 5.79. The maximum Gasteiger partial charge on any atom is 0.229 e. The minimum Gasteiger partial charge on any atom is -0.497 e.